The number of rotatable bonds is 9. The van der Waals surface area contributed by atoms with Gasteiger partial charge in [-0.05, 0) is 50.3 Å². The zero-order valence-corrected chi connectivity index (χ0v) is 21.3. The summed E-state index contributed by atoms with van der Waals surface area (Å²) in [5.74, 6) is -0.0187. The molecule has 0 radical (unpaired) electrons. The molecule has 3 heterocycles. The maximum absolute atomic E-state index is 13.3. The Morgan fingerprint density at radius 3 is 2.66 bits per heavy atom. The minimum absolute atomic E-state index is 0.0316. The number of hydrogen-bond acceptors (Lipinski definition) is 6. The molecule has 1 saturated carbocycles. The van der Waals surface area contributed by atoms with E-state index in [1.165, 1.54) is 13.2 Å². The zero-order chi connectivity index (χ0) is 26.8. The van der Waals surface area contributed by atoms with Gasteiger partial charge in [0.2, 0.25) is 5.91 Å². The molecule has 2 amide bonds. The number of imidazole rings is 1. The summed E-state index contributed by atoms with van der Waals surface area (Å²) in [4.78, 5) is 31.0. The number of hydrogen-bond donors (Lipinski definition) is 1. The minimum atomic E-state index is -3.12. The third-order valence-corrected chi connectivity index (χ3v) is 6.90. The Balaban J connectivity index is 1.41. The van der Waals surface area contributed by atoms with Crippen LogP contribution in [-0.2, 0) is 4.79 Å². The number of benzene rings is 1. The number of pyridine rings is 1. The molecule has 38 heavy (non-hydrogen) atoms. The van der Waals surface area contributed by atoms with Crippen molar-refractivity contribution >= 4 is 17.5 Å². The third kappa shape index (κ3) is 5.51. The van der Waals surface area contributed by atoms with Crippen LogP contribution < -0.4 is 19.5 Å². The Morgan fingerprint density at radius 1 is 1.16 bits per heavy atom. The van der Waals surface area contributed by atoms with Crippen LogP contribution in [0.2, 0.25) is 0 Å². The Morgan fingerprint density at radius 2 is 1.95 bits per heavy atom. The van der Waals surface area contributed by atoms with Gasteiger partial charge in [-0.25, -0.2) is 4.98 Å². The van der Waals surface area contributed by atoms with E-state index >= 15 is 0 Å². The SMILES string of the molecule is COc1cc(-c2cnc3cc(OCC4CCCCN4C(C)=O)ccn23)cc(OC(F)F)c1C(=O)NC1CC1. The molecule has 0 bridgehead atoms. The van der Waals surface area contributed by atoms with Gasteiger partial charge in [-0.15, -0.1) is 0 Å². The molecule has 1 aliphatic carbocycles. The van der Waals surface area contributed by atoms with Crippen LogP contribution in [0.25, 0.3) is 16.9 Å². The Labute approximate surface area is 218 Å². The number of nitrogens with zero attached hydrogens (tertiary/aromatic N) is 3. The van der Waals surface area contributed by atoms with Gasteiger partial charge in [0.1, 0.15) is 35.1 Å². The second-order valence-electron chi connectivity index (χ2n) is 9.58. The van der Waals surface area contributed by atoms with E-state index in [2.05, 4.69) is 10.3 Å². The first-order valence-electron chi connectivity index (χ1n) is 12.7. The molecule has 2 aromatic heterocycles. The number of alkyl halides is 2. The van der Waals surface area contributed by atoms with E-state index in [9.17, 15) is 18.4 Å². The van der Waals surface area contributed by atoms with Crippen molar-refractivity contribution in [3.05, 3.63) is 42.2 Å². The van der Waals surface area contributed by atoms with Gasteiger partial charge in [-0.2, -0.15) is 8.78 Å². The lowest BCUT2D eigenvalue weighted by Crippen LogP contribution is -2.45. The highest BCUT2D eigenvalue weighted by atomic mass is 19.3. The number of piperidine rings is 1. The molecule has 202 valence electrons. The number of carbonyl (C=O) groups is 2. The van der Waals surface area contributed by atoms with Crippen molar-refractivity contribution in [1.29, 1.82) is 0 Å². The number of carbonyl (C=O) groups excluding carboxylic acids is 2. The van der Waals surface area contributed by atoms with Crippen molar-refractivity contribution in [2.24, 2.45) is 0 Å². The fraction of sp³-hybridized carbons (Fsp3) is 0.444. The van der Waals surface area contributed by atoms with E-state index in [-0.39, 0.29) is 35.1 Å². The van der Waals surface area contributed by atoms with Gasteiger partial charge in [0.15, 0.2) is 0 Å². The van der Waals surface area contributed by atoms with Gasteiger partial charge in [-0.1, -0.05) is 0 Å². The molecule has 1 aliphatic heterocycles. The average molecular weight is 529 g/mol. The van der Waals surface area contributed by atoms with Crippen molar-refractivity contribution in [2.45, 2.75) is 57.7 Å². The highest BCUT2D eigenvalue weighted by Gasteiger charge is 2.29. The number of likely N-dealkylation sites (tertiary alicyclic amines) is 1. The van der Waals surface area contributed by atoms with Gasteiger partial charge < -0.3 is 24.4 Å². The molecule has 5 rings (SSSR count). The number of nitrogens with one attached hydrogen (secondary N) is 1. The van der Waals surface area contributed by atoms with Gasteiger partial charge in [0.25, 0.3) is 5.91 Å². The first-order chi connectivity index (χ1) is 18.3. The fourth-order valence-electron chi connectivity index (χ4n) is 4.84. The standard InChI is InChI=1S/C27H30F2N4O5/c1-16(34)32-9-4-3-5-19(32)15-37-20-8-10-33-21(14-30-24(33)13-20)17-11-22(36-2)25(23(12-17)38-27(28)29)26(35)31-18-6-7-18/h8,10-14,18-19,27H,3-7,9,15H2,1-2H3,(H,31,35). The molecular formula is C27H30F2N4O5. The van der Waals surface area contributed by atoms with Crippen LogP contribution in [0, 0.1) is 0 Å². The average Bonchev–Trinajstić information content (AvgIpc) is 3.61. The largest absolute Gasteiger partial charge is 0.496 e. The van der Waals surface area contributed by atoms with Crippen molar-refractivity contribution in [1.82, 2.24) is 19.6 Å². The number of aromatic nitrogens is 2. The van der Waals surface area contributed by atoms with Crippen molar-refractivity contribution in [3.8, 4) is 28.5 Å². The van der Waals surface area contributed by atoms with Crippen LogP contribution >= 0.6 is 0 Å². The van der Waals surface area contributed by atoms with Crippen LogP contribution in [0.5, 0.6) is 17.2 Å². The molecule has 1 N–H and O–H groups in total. The van der Waals surface area contributed by atoms with Crippen molar-refractivity contribution in [2.75, 3.05) is 20.3 Å². The van der Waals surface area contributed by atoms with Crippen LogP contribution in [-0.4, -0.2) is 65.1 Å². The molecule has 2 fully saturated rings. The molecular weight excluding hydrogens is 498 g/mol. The van der Waals surface area contributed by atoms with E-state index in [4.69, 9.17) is 14.2 Å². The van der Waals surface area contributed by atoms with Crippen LogP contribution in [0.15, 0.2) is 36.7 Å². The molecule has 11 heteroatoms. The van der Waals surface area contributed by atoms with Crippen molar-refractivity contribution < 1.29 is 32.6 Å². The first-order valence-corrected chi connectivity index (χ1v) is 12.7. The van der Waals surface area contributed by atoms with Gasteiger partial charge >= 0.3 is 6.61 Å². The summed E-state index contributed by atoms with van der Waals surface area (Å²) in [5.41, 5.74) is 1.58. The zero-order valence-electron chi connectivity index (χ0n) is 21.3. The number of fused-ring (bicyclic) bond motifs is 1. The predicted octanol–water partition coefficient (Wildman–Crippen LogP) is 4.28. The summed E-state index contributed by atoms with van der Waals surface area (Å²) in [5, 5.41) is 2.80. The number of ether oxygens (including phenoxy) is 3. The predicted molar refractivity (Wildman–Crippen MR) is 135 cm³/mol. The number of amides is 2. The maximum Gasteiger partial charge on any atom is 0.387 e. The summed E-state index contributed by atoms with van der Waals surface area (Å²) in [6.45, 7) is -0.408. The number of methoxy groups -OCH3 is 1. The summed E-state index contributed by atoms with van der Waals surface area (Å²) in [6, 6.07) is 6.62. The molecule has 3 aromatic rings. The molecule has 9 nitrogen and oxygen atoms in total. The van der Waals surface area contributed by atoms with Crippen LogP contribution in [0.1, 0.15) is 49.4 Å². The Bertz CT molecular complexity index is 1340. The molecule has 2 aliphatic rings. The first kappa shape index (κ1) is 25.7. The van der Waals surface area contributed by atoms with Gasteiger partial charge in [0, 0.05) is 37.3 Å². The summed E-state index contributed by atoms with van der Waals surface area (Å²) in [6.07, 6.45) is 8.02. The highest BCUT2D eigenvalue weighted by molar-refractivity contribution is 6.01. The van der Waals surface area contributed by atoms with E-state index in [1.54, 1.807) is 41.9 Å². The lowest BCUT2D eigenvalue weighted by Gasteiger charge is -2.34. The maximum atomic E-state index is 13.3. The minimum Gasteiger partial charge on any atom is -0.496 e. The molecule has 1 atom stereocenters. The van der Waals surface area contributed by atoms with Gasteiger partial charge in [0.05, 0.1) is 25.0 Å². The van der Waals surface area contributed by atoms with Crippen molar-refractivity contribution in [3.63, 3.8) is 0 Å². The summed E-state index contributed by atoms with van der Waals surface area (Å²) < 4.78 is 44.5. The van der Waals surface area contributed by atoms with Gasteiger partial charge in [-0.3, -0.25) is 14.0 Å². The lowest BCUT2D eigenvalue weighted by molar-refractivity contribution is -0.133. The normalized spacial score (nSPS) is 17.5. The Hall–Kier alpha value is -3.89. The summed E-state index contributed by atoms with van der Waals surface area (Å²) in [7, 11) is 1.37. The smallest absolute Gasteiger partial charge is 0.387 e. The molecule has 1 aromatic carbocycles. The molecule has 0 spiro atoms. The van der Waals surface area contributed by atoms with Crippen LogP contribution in [0.3, 0.4) is 0 Å². The quantitative estimate of drug-likeness (QED) is 0.446. The van der Waals surface area contributed by atoms with E-state index in [0.29, 0.717) is 29.3 Å². The molecule has 1 saturated heterocycles. The highest BCUT2D eigenvalue weighted by Crippen LogP contribution is 2.37. The van der Waals surface area contributed by atoms with E-state index in [0.717, 1.165) is 38.6 Å². The third-order valence-electron chi connectivity index (χ3n) is 6.90. The Kier molecular flexibility index (Phi) is 7.35. The summed E-state index contributed by atoms with van der Waals surface area (Å²) >= 11 is 0. The monoisotopic (exact) mass is 528 g/mol. The van der Waals surface area contributed by atoms with E-state index < -0.39 is 12.5 Å². The topological polar surface area (TPSA) is 94.4 Å². The molecule has 1 unspecified atom stereocenters. The second kappa shape index (κ2) is 10.8. The van der Waals surface area contributed by atoms with E-state index in [1.807, 2.05) is 4.90 Å². The second-order valence-corrected chi connectivity index (χ2v) is 9.58. The lowest BCUT2D eigenvalue weighted by atomic mass is 10.0. The van der Waals surface area contributed by atoms with Crippen LogP contribution in [0.4, 0.5) is 8.78 Å². The number of halogens is 2. The fourth-order valence-corrected chi connectivity index (χ4v) is 4.84.